The number of nitrogens with one attached hydrogen (secondary N) is 1. The second-order valence-electron chi connectivity index (χ2n) is 4.81. The van der Waals surface area contributed by atoms with Crippen LogP contribution in [-0.4, -0.2) is 9.55 Å². The number of hydrogen-bond acceptors (Lipinski definition) is 3. The molecule has 0 bridgehead atoms. The van der Waals surface area contributed by atoms with Crippen molar-refractivity contribution >= 4 is 16.7 Å². The van der Waals surface area contributed by atoms with E-state index < -0.39 is 11.2 Å². The molecule has 6 heteroatoms. The molecule has 1 N–H and O–H groups in total. The Bertz CT molecular complexity index is 841. The highest BCUT2D eigenvalue weighted by molar-refractivity contribution is 8.10. The van der Waals surface area contributed by atoms with Gasteiger partial charge in [0.15, 0.2) is 0 Å². The van der Waals surface area contributed by atoms with Crippen LogP contribution in [0.15, 0.2) is 58.1 Å². The van der Waals surface area contributed by atoms with E-state index in [0.717, 1.165) is 10.5 Å². The van der Waals surface area contributed by atoms with Crippen molar-refractivity contribution in [1.82, 2.24) is 9.55 Å². The number of hydrogen-bond donors (Lipinski definition) is 1. The van der Waals surface area contributed by atoms with E-state index in [-0.39, 0.29) is 7.24 Å². The maximum atomic E-state index is 12.9. The molecule has 23 heavy (non-hydrogen) atoms. The highest BCUT2D eigenvalue weighted by atomic mass is 32.2. The number of thioether (sulfide) groups is 1. The van der Waals surface area contributed by atoms with Gasteiger partial charge < -0.3 is 0 Å². The van der Waals surface area contributed by atoms with Crippen molar-refractivity contribution < 1.29 is 5.82 Å². The topological polar surface area (TPSA) is 54.9 Å². The van der Waals surface area contributed by atoms with Crippen molar-refractivity contribution in [2.75, 3.05) is 0 Å². The third-order valence-electron chi connectivity index (χ3n) is 3.30. The first-order valence-electron chi connectivity index (χ1n) is 7.07. The lowest BCUT2D eigenvalue weighted by molar-refractivity contribution is 0.622. The van der Waals surface area contributed by atoms with Crippen LogP contribution < -0.4 is 11.2 Å². The van der Waals surface area contributed by atoms with E-state index >= 15 is 0 Å². The Hall–Kier alpha value is -2.34. The monoisotopic (exact) mass is 334 g/mol. The lowest BCUT2D eigenvalue weighted by Crippen LogP contribution is -2.31. The molecule has 0 aliphatic rings. The van der Waals surface area contributed by atoms with Gasteiger partial charge in [0.05, 0.1) is 5.56 Å². The number of nitrogens with zero attached hydrogens (tertiary/aromatic N) is 1. The van der Waals surface area contributed by atoms with Gasteiger partial charge in [-0.05, 0) is 36.4 Å². The number of aryl methyl sites for hydroxylation is 2. The molecule has 4 nitrogen and oxygen atoms in total. The largest absolute Gasteiger partial charge is 0.328 e. The van der Waals surface area contributed by atoms with E-state index in [4.69, 9.17) is 0 Å². The molecule has 0 fully saturated rings. The van der Waals surface area contributed by atoms with Gasteiger partial charge in [-0.3, -0.25) is 14.3 Å². The molecule has 0 saturated carbocycles. The molecule has 0 spiro atoms. The van der Waals surface area contributed by atoms with E-state index in [1.54, 1.807) is 29.8 Å². The molecular formula is C17H19FN2O2S. The molecule has 1 aromatic heterocycles. The van der Waals surface area contributed by atoms with E-state index in [1.807, 2.05) is 6.92 Å². The standard InChI is InChI=1S/C17H17FN2O2S.H2/c1-3-15(23-4-2)14-11-20(17(22)19-16(14)21)10-9-12-5-7-13(18)8-6-12;/h3-8,11H,2,9-10H2,1H3,(H,19,21,22);1H/b15-3-;. The van der Waals surface area contributed by atoms with Gasteiger partial charge in [0.25, 0.3) is 5.56 Å². The molecular weight excluding hydrogens is 315 g/mol. The molecule has 2 aromatic rings. The first kappa shape index (κ1) is 17.0. The third-order valence-corrected chi connectivity index (χ3v) is 4.18. The highest BCUT2D eigenvalue weighted by Gasteiger charge is 2.09. The summed E-state index contributed by atoms with van der Waals surface area (Å²) in [5.41, 5.74) is 0.462. The fraction of sp³-hybridized carbons (Fsp3) is 0.176. The predicted octanol–water partition coefficient (Wildman–Crippen LogP) is 3.40. The molecule has 0 radical (unpaired) electrons. The predicted molar refractivity (Wildman–Crippen MR) is 95.0 cm³/mol. The van der Waals surface area contributed by atoms with Crippen LogP contribution in [0.5, 0.6) is 0 Å². The Kier molecular flexibility index (Phi) is 5.76. The van der Waals surface area contributed by atoms with Gasteiger partial charge in [-0.25, -0.2) is 9.18 Å². The van der Waals surface area contributed by atoms with Gasteiger partial charge in [-0.1, -0.05) is 36.5 Å². The zero-order valence-corrected chi connectivity index (χ0v) is 13.5. The normalized spacial score (nSPS) is 11.5. The SMILES string of the molecule is C=CS/C(=C\C)c1cn(CCc2ccc(F)cc2)c(=O)[nH]c1=O.[HH]. The van der Waals surface area contributed by atoms with Crippen molar-refractivity contribution in [3.05, 3.63) is 86.3 Å². The lowest BCUT2D eigenvalue weighted by atomic mass is 10.1. The Morgan fingerprint density at radius 1 is 1.39 bits per heavy atom. The fourth-order valence-electron chi connectivity index (χ4n) is 2.13. The summed E-state index contributed by atoms with van der Waals surface area (Å²) >= 11 is 1.32. The van der Waals surface area contributed by atoms with Crippen LogP contribution >= 0.6 is 11.8 Å². The highest BCUT2D eigenvalue weighted by Crippen LogP contribution is 2.24. The summed E-state index contributed by atoms with van der Waals surface area (Å²) < 4.78 is 14.4. The average molecular weight is 334 g/mol. The first-order valence-corrected chi connectivity index (χ1v) is 7.95. The Labute approximate surface area is 138 Å². The summed E-state index contributed by atoms with van der Waals surface area (Å²) in [5, 5.41) is 1.63. The van der Waals surface area contributed by atoms with Crippen LogP contribution in [0, 0.1) is 5.82 Å². The summed E-state index contributed by atoms with van der Waals surface area (Å²) in [6.45, 7) is 5.85. The van der Waals surface area contributed by atoms with Crippen molar-refractivity contribution in [2.45, 2.75) is 19.9 Å². The summed E-state index contributed by atoms with van der Waals surface area (Å²) in [5.74, 6) is -0.295. The summed E-state index contributed by atoms with van der Waals surface area (Å²) in [7, 11) is 0. The minimum absolute atomic E-state index is 0. The van der Waals surface area contributed by atoms with Crippen LogP contribution in [0.1, 0.15) is 19.5 Å². The van der Waals surface area contributed by atoms with Crippen LogP contribution in [-0.2, 0) is 13.0 Å². The first-order chi connectivity index (χ1) is 11.0. The van der Waals surface area contributed by atoms with Crippen LogP contribution in [0.25, 0.3) is 4.91 Å². The number of aromatic nitrogens is 2. The van der Waals surface area contributed by atoms with Gasteiger partial charge in [0.2, 0.25) is 0 Å². The van der Waals surface area contributed by atoms with E-state index in [0.29, 0.717) is 18.5 Å². The minimum Gasteiger partial charge on any atom is -0.300 e. The number of halogens is 1. The maximum absolute atomic E-state index is 12.9. The summed E-state index contributed by atoms with van der Waals surface area (Å²) in [6, 6.07) is 6.12. The van der Waals surface area contributed by atoms with Gasteiger partial charge in [0, 0.05) is 19.1 Å². The number of allylic oxidation sites excluding steroid dienone is 1. The van der Waals surface area contributed by atoms with E-state index in [2.05, 4.69) is 11.6 Å². The molecule has 0 unspecified atom stereocenters. The zero-order valence-electron chi connectivity index (χ0n) is 12.7. The molecule has 1 aromatic carbocycles. The molecule has 0 aliphatic carbocycles. The molecule has 0 aliphatic heterocycles. The third kappa shape index (κ3) is 4.32. The van der Waals surface area contributed by atoms with Crippen LogP contribution in [0.2, 0.25) is 0 Å². The van der Waals surface area contributed by atoms with Crippen molar-refractivity contribution in [3.63, 3.8) is 0 Å². The smallest absolute Gasteiger partial charge is 0.300 e. The number of rotatable bonds is 6. The second kappa shape index (κ2) is 7.78. The van der Waals surface area contributed by atoms with Crippen molar-refractivity contribution in [2.24, 2.45) is 0 Å². The molecule has 1 heterocycles. The van der Waals surface area contributed by atoms with Crippen LogP contribution in [0.3, 0.4) is 0 Å². The Balaban J connectivity index is 0.00000288. The fourth-order valence-corrected chi connectivity index (χ4v) is 2.72. The number of aromatic amines is 1. The molecule has 0 amide bonds. The Morgan fingerprint density at radius 3 is 2.70 bits per heavy atom. The van der Waals surface area contributed by atoms with Crippen molar-refractivity contribution in [1.29, 1.82) is 0 Å². The summed E-state index contributed by atoms with van der Waals surface area (Å²) in [4.78, 5) is 27.0. The van der Waals surface area contributed by atoms with Gasteiger partial charge in [-0.15, -0.1) is 0 Å². The minimum atomic E-state index is -0.458. The molecule has 0 atom stereocenters. The lowest BCUT2D eigenvalue weighted by Gasteiger charge is -2.09. The molecule has 122 valence electrons. The van der Waals surface area contributed by atoms with Gasteiger partial charge in [-0.2, -0.15) is 0 Å². The average Bonchev–Trinajstić information content (AvgIpc) is 2.54. The number of benzene rings is 1. The zero-order chi connectivity index (χ0) is 16.8. The van der Waals surface area contributed by atoms with E-state index in [1.165, 1.54) is 28.5 Å². The summed E-state index contributed by atoms with van der Waals surface area (Å²) in [6.07, 6.45) is 3.91. The quantitative estimate of drug-likeness (QED) is 0.881. The number of H-pyrrole nitrogens is 1. The van der Waals surface area contributed by atoms with Crippen molar-refractivity contribution in [3.8, 4) is 0 Å². The molecule has 0 saturated heterocycles. The van der Waals surface area contributed by atoms with Gasteiger partial charge in [0.1, 0.15) is 5.82 Å². The molecule has 2 rings (SSSR count). The van der Waals surface area contributed by atoms with Gasteiger partial charge >= 0.3 is 5.69 Å². The van der Waals surface area contributed by atoms with Crippen LogP contribution in [0.4, 0.5) is 4.39 Å². The second-order valence-corrected chi connectivity index (χ2v) is 5.82. The van der Waals surface area contributed by atoms with E-state index in [9.17, 15) is 14.0 Å². The maximum Gasteiger partial charge on any atom is 0.328 e. The Morgan fingerprint density at radius 2 is 2.09 bits per heavy atom.